The van der Waals surface area contributed by atoms with Gasteiger partial charge in [-0.15, -0.1) is 0 Å². The first-order chi connectivity index (χ1) is 8.67. The SMILES string of the molecule is CNCCC(NC)c1cc(OC)c(C)cc1OC. The summed E-state index contributed by atoms with van der Waals surface area (Å²) in [5, 5.41) is 6.49. The van der Waals surface area contributed by atoms with E-state index < -0.39 is 0 Å². The highest BCUT2D eigenvalue weighted by Gasteiger charge is 2.16. The molecule has 0 aliphatic carbocycles. The predicted molar refractivity (Wildman–Crippen MR) is 74.6 cm³/mol. The molecule has 4 nitrogen and oxygen atoms in total. The molecule has 2 N–H and O–H groups in total. The molecule has 0 aliphatic rings. The van der Waals surface area contributed by atoms with Crippen molar-refractivity contribution in [3.8, 4) is 11.5 Å². The van der Waals surface area contributed by atoms with Crippen LogP contribution in [0.25, 0.3) is 0 Å². The number of methoxy groups -OCH3 is 2. The van der Waals surface area contributed by atoms with E-state index >= 15 is 0 Å². The second kappa shape index (κ2) is 7.24. The van der Waals surface area contributed by atoms with E-state index in [2.05, 4.69) is 16.7 Å². The van der Waals surface area contributed by atoms with E-state index in [-0.39, 0.29) is 6.04 Å². The van der Waals surface area contributed by atoms with Crippen LogP contribution < -0.4 is 20.1 Å². The standard InChI is InChI=1S/C14H24N2O2/c1-10-8-14(18-5)11(9-13(10)17-4)12(16-3)6-7-15-2/h8-9,12,15-16H,6-7H2,1-5H3. The van der Waals surface area contributed by atoms with Crippen molar-refractivity contribution in [2.24, 2.45) is 0 Å². The summed E-state index contributed by atoms with van der Waals surface area (Å²) in [7, 11) is 7.32. The summed E-state index contributed by atoms with van der Waals surface area (Å²) in [6.07, 6.45) is 0.996. The number of hydrogen-bond donors (Lipinski definition) is 2. The molecule has 0 fully saturated rings. The van der Waals surface area contributed by atoms with Crippen molar-refractivity contribution in [3.63, 3.8) is 0 Å². The summed E-state index contributed by atoms with van der Waals surface area (Å²) < 4.78 is 10.9. The van der Waals surface area contributed by atoms with Gasteiger partial charge in [-0.25, -0.2) is 0 Å². The number of rotatable bonds is 7. The van der Waals surface area contributed by atoms with Gasteiger partial charge < -0.3 is 20.1 Å². The minimum Gasteiger partial charge on any atom is -0.496 e. The number of nitrogens with one attached hydrogen (secondary N) is 2. The molecule has 1 aromatic carbocycles. The van der Waals surface area contributed by atoms with Crippen LogP contribution in [-0.4, -0.2) is 34.9 Å². The second-order valence-electron chi connectivity index (χ2n) is 4.30. The van der Waals surface area contributed by atoms with Crippen LogP contribution in [0.1, 0.15) is 23.6 Å². The zero-order chi connectivity index (χ0) is 13.5. The first-order valence-corrected chi connectivity index (χ1v) is 6.22. The molecule has 0 bridgehead atoms. The third kappa shape index (κ3) is 3.37. The van der Waals surface area contributed by atoms with Crippen molar-refractivity contribution in [1.82, 2.24) is 10.6 Å². The predicted octanol–water partition coefficient (Wildman–Crippen LogP) is 1.88. The van der Waals surface area contributed by atoms with Crippen LogP contribution in [0, 0.1) is 6.92 Å². The average molecular weight is 252 g/mol. The molecule has 4 heteroatoms. The van der Waals surface area contributed by atoms with E-state index in [1.807, 2.05) is 27.1 Å². The first-order valence-electron chi connectivity index (χ1n) is 6.22. The minimum absolute atomic E-state index is 0.252. The van der Waals surface area contributed by atoms with Gasteiger partial charge in [0.05, 0.1) is 14.2 Å². The van der Waals surface area contributed by atoms with Crippen LogP contribution in [0.5, 0.6) is 11.5 Å². The number of hydrogen-bond acceptors (Lipinski definition) is 4. The molecular weight excluding hydrogens is 228 g/mol. The Kier molecular flexibility index (Phi) is 5.95. The van der Waals surface area contributed by atoms with Crippen molar-refractivity contribution in [3.05, 3.63) is 23.3 Å². The van der Waals surface area contributed by atoms with Gasteiger partial charge in [-0.05, 0) is 51.7 Å². The molecule has 1 aromatic rings. The molecule has 1 unspecified atom stereocenters. The van der Waals surface area contributed by atoms with Crippen molar-refractivity contribution in [1.29, 1.82) is 0 Å². The maximum absolute atomic E-state index is 5.47. The third-order valence-electron chi connectivity index (χ3n) is 3.15. The molecule has 1 rings (SSSR count). The number of benzene rings is 1. The zero-order valence-corrected chi connectivity index (χ0v) is 12.0. The molecule has 102 valence electrons. The van der Waals surface area contributed by atoms with Gasteiger partial charge in [0.1, 0.15) is 11.5 Å². The maximum Gasteiger partial charge on any atom is 0.124 e. The van der Waals surface area contributed by atoms with Crippen molar-refractivity contribution in [2.75, 3.05) is 34.9 Å². The highest BCUT2D eigenvalue weighted by Crippen LogP contribution is 2.33. The minimum atomic E-state index is 0.252. The Labute approximate surface area is 110 Å². The molecule has 0 aliphatic heterocycles. The van der Waals surface area contributed by atoms with Crippen LogP contribution >= 0.6 is 0 Å². The lowest BCUT2D eigenvalue weighted by atomic mass is 10.00. The Hall–Kier alpha value is -1.26. The molecule has 18 heavy (non-hydrogen) atoms. The molecule has 0 aromatic heterocycles. The van der Waals surface area contributed by atoms with Gasteiger partial charge >= 0.3 is 0 Å². The van der Waals surface area contributed by atoms with Gasteiger partial charge in [-0.3, -0.25) is 0 Å². The lowest BCUT2D eigenvalue weighted by Gasteiger charge is -2.21. The second-order valence-corrected chi connectivity index (χ2v) is 4.30. The van der Waals surface area contributed by atoms with Crippen molar-refractivity contribution >= 4 is 0 Å². The molecule has 0 spiro atoms. The normalized spacial score (nSPS) is 12.3. The summed E-state index contributed by atoms with van der Waals surface area (Å²) in [5.41, 5.74) is 2.22. The van der Waals surface area contributed by atoms with Gasteiger partial charge in [0, 0.05) is 11.6 Å². The van der Waals surface area contributed by atoms with Crippen LogP contribution in [0.2, 0.25) is 0 Å². The number of aryl methyl sites for hydroxylation is 1. The summed E-state index contributed by atoms with van der Waals surface area (Å²) in [6.45, 7) is 2.97. The van der Waals surface area contributed by atoms with E-state index in [1.54, 1.807) is 14.2 Å². The Morgan fingerprint density at radius 2 is 1.78 bits per heavy atom. The largest absolute Gasteiger partial charge is 0.496 e. The molecule has 0 heterocycles. The van der Waals surface area contributed by atoms with Crippen LogP contribution in [0.15, 0.2) is 12.1 Å². The van der Waals surface area contributed by atoms with Gasteiger partial charge in [0.2, 0.25) is 0 Å². The topological polar surface area (TPSA) is 42.5 Å². The average Bonchev–Trinajstić information content (AvgIpc) is 2.40. The van der Waals surface area contributed by atoms with E-state index in [4.69, 9.17) is 9.47 Å². The molecule has 0 saturated carbocycles. The van der Waals surface area contributed by atoms with Crippen LogP contribution in [-0.2, 0) is 0 Å². The van der Waals surface area contributed by atoms with Crippen molar-refractivity contribution in [2.45, 2.75) is 19.4 Å². The smallest absolute Gasteiger partial charge is 0.124 e. The molecule has 0 amide bonds. The lowest BCUT2D eigenvalue weighted by Crippen LogP contribution is -2.22. The van der Waals surface area contributed by atoms with Crippen molar-refractivity contribution < 1.29 is 9.47 Å². The summed E-state index contributed by atoms with van der Waals surface area (Å²) in [5.74, 6) is 1.80. The fourth-order valence-electron chi connectivity index (χ4n) is 2.09. The third-order valence-corrected chi connectivity index (χ3v) is 3.15. The Bertz CT molecular complexity index is 380. The first kappa shape index (κ1) is 14.8. The van der Waals surface area contributed by atoms with E-state index in [0.29, 0.717) is 0 Å². The maximum atomic E-state index is 5.47. The van der Waals surface area contributed by atoms with Gasteiger partial charge in [0.15, 0.2) is 0 Å². The fraction of sp³-hybridized carbons (Fsp3) is 0.571. The van der Waals surface area contributed by atoms with Crippen LogP contribution in [0.3, 0.4) is 0 Å². The molecule has 1 atom stereocenters. The van der Waals surface area contributed by atoms with E-state index in [1.165, 1.54) is 0 Å². The Morgan fingerprint density at radius 3 is 2.28 bits per heavy atom. The Balaban J connectivity index is 3.09. The zero-order valence-electron chi connectivity index (χ0n) is 12.0. The molecular formula is C14H24N2O2. The van der Waals surface area contributed by atoms with E-state index in [0.717, 1.165) is 35.6 Å². The highest BCUT2D eigenvalue weighted by molar-refractivity contribution is 5.47. The summed E-state index contributed by atoms with van der Waals surface area (Å²) in [6, 6.07) is 4.34. The van der Waals surface area contributed by atoms with Crippen LogP contribution in [0.4, 0.5) is 0 Å². The fourth-order valence-corrected chi connectivity index (χ4v) is 2.09. The van der Waals surface area contributed by atoms with Gasteiger partial charge in [-0.2, -0.15) is 0 Å². The lowest BCUT2D eigenvalue weighted by molar-refractivity contribution is 0.387. The number of ether oxygens (including phenoxy) is 2. The molecule has 0 saturated heterocycles. The van der Waals surface area contributed by atoms with Gasteiger partial charge in [-0.1, -0.05) is 0 Å². The monoisotopic (exact) mass is 252 g/mol. The Morgan fingerprint density at radius 1 is 1.11 bits per heavy atom. The van der Waals surface area contributed by atoms with Gasteiger partial charge in [0.25, 0.3) is 0 Å². The summed E-state index contributed by atoms with van der Waals surface area (Å²) in [4.78, 5) is 0. The quantitative estimate of drug-likeness (QED) is 0.777. The summed E-state index contributed by atoms with van der Waals surface area (Å²) >= 11 is 0. The molecule has 0 radical (unpaired) electrons. The van der Waals surface area contributed by atoms with E-state index in [9.17, 15) is 0 Å². The highest BCUT2D eigenvalue weighted by atomic mass is 16.5.